The van der Waals surface area contributed by atoms with Gasteiger partial charge in [-0.1, -0.05) is 110 Å². The highest BCUT2D eigenvalue weighted by molar-refractivity contribution is 5.69. The van der Waals surface area contributed by atoms with E-state index < -0.39 is 0 Å². The van der Waals surface area contributed by atoms with E-state index in [2.05, 4.69) is 6.92 Å². The Bertz CT molecular complexity index is 429. The predicted molar refractivity (Wildman–Crippen MR) is 147 cm³/mol. The molecule has 0 rings (SSSR count). The Morgan fingerprint density at radius 1 is 0.657 bits per heavy atom. The van der Waals surface area contributed by atoms with Gasteiger partial charge in [-0.05, 0) is 39.0 Å². The molecule has 0 aromatic carbocycles. The highest BCUT2D eigenvalue weighted by Crippen LogP contribution is 2.18. The Morgan fingerprint density at radius 3 is 1.77 bits per heavy atom. The lowest BCUT2D eigenvalue weighted by Gasteiger charge is -2.24. The van der Waals surface area contributed by atoms with Gasteiger partial charge in [0.25, 0.3) is 0 Å². The summed E-state index contributed by atoms with van der Waals surface area (Å²) in [5, 5.41) is 19.6. The fraction of sp³-hybridized carbons (Fsp3) is 0.967. The summed E-state index contributed by atoms with van der Waals surface area (Å²) in [7, 11) is 0. The average molecular weight is 501 g/mol. The summed E-state index contributed by atoms with van der Waals surface area (Å²) in [6.07, 6.45) is 24.0. The number of ether oxygens (including phenoxy) is 2. The van der Waals surface area contributed by atoms with E-state index in [9.17, 15) is 9.90 Å². The van der Waals surface area contributed by atoms with Gasteiger partial charge < -0.3 is 19.7 Å². The van der Waals surface area contributed by atoms with Crippen LogP contribution in [0.3, 0.4) is 0 Å². The normalized spacial score (nSPS) is 13.1. The summed E-state index contributed by atoms with van der Waals surface area (Å²) in [6, 6.07) is 0. The highest BCUT2D eigenvalue weighted by atomic mass is 16.5. The Morgan fingerprint density at radius 2 is 1.17 bits per heavy atom. The van der Waals surface area contributed by atoms with Crippen LogP contribution in [0.1, 0.15) is 155 Å². The van der Waals surface area contributed by atoms with Crippen molar-refractivity contribution in [2.75, 3.05) is 19.8 Å². The highest BCUT2D eigenvalue weighted by Gasteiger charge is 2.19. The Kier molecular flexibility index (Phi) is 27.4. The number of unbranched alkanes of at least 4 members (excludes halogenated alkanes) is 16. The maximum Gasteiger partial charge on any atom is 0.305 e. The molecule has 0 aromatic rings. The number of aliphatic hydroxyl groups is 2. The van der Waals surface area contributed by atoms with Crippen LogP contribution in [0.5, 0.6) is 0 Å². The SMILES string of the molecule is CCCCCCCCC(O)C(CCCCCCCC(=O)OCC)OCCCCCCCCCCO. The molecule has 0 fully saturated rings. The first kappa shape index (κ1) is 34.4. The van der Waals surface area contributed by atoms with E-state index in [1.54, 1.807) is 0 Å². The van der Waals surface area contributed by atoms with Crippen LogP contribution >= 0.6 is 0 Å². The summed E-state index contributed by atoms with van der Waals surface area (Å²) < 4.78 is 11.2. The van der Waals surface area contributed by atoms with Crippen LogP contribution in [-0.2, 0) is 14.3 Å². The molecule has 0 amide bonds. The average Bonchev–Trinajstić information content (AvgIpc) is 2.85. The van der Waals surface area contributed by atoms with Crippen LogP contribution < -0.4 is 0 Å². The topological polar surface area (TPSA) is 76.0 Å². The number of hydrogen-bond donors (Lipinski definition) is 2. The van der Waals surface area contributed by atoms with Crippen LogP contribution in [0.25, 0.3) is 0 Å². The second-order valence-corrected chi connectivity index (χ2v) is 10.2. The smallest absolute Gasteiger partial charge is 0.305 e. The fourth-order valence-corrected chi connectivity index (χ4v) is 4.59. The molecule has 0 bridgehead atoms. The first-order chi connectivity index (χ1) is 17.2. The van der Waals surface area contributed by atoms with Gasteiger partial charge in [0.15, 0.2) is 0 Å². The molecule has 2 N–H and O–H groups in total. The van der Waals surface area contributed by atoms with Gasteiger partial charge in [-0.15, -0.1) is 0 Å². The Labute approximate surface area is 217 Å². The number of aliphatic hydroxyl groups excluding tert-OH is 2. The van der Waals surface area contributed by atoms with E-state index >= 15 is 0 Å². The van der Waals surface area contributed by atoms with Crippen LogP contribution in [0.2, 0.25) is 0 Å². The van der Waals surface area contributed by atoms with Crippen LogP contribution in [-0.4, -0.2) is 48.2 Å². The Hall–Kier alpha value is -0.650. The monoisotopic (exact) mass is 500 g/mol. The van der Waals surface area contributed by atoms with E-state index in [1.807, 2.05) is 6.92 Å². The minimum atomic E-state index is -0.350. The van der Waals surface area contributed by atoms with Crippen molar-refractivity contribution in [2.45, 2.75) is 167 Å². The first-order valence-electron chi connectivity index (χ1n) is 15.2. The van der Waals surface area contributed by atoms with Crippen molar-refractivity contribution in [3.8, 4) is 0 Å². The van der Waals surface area contributed by atoms with Crippen molar-refractivity contribution in [2.24, 2.45) is 0 Å². The zero-order chi connectivity index (χ0) is 25.8. The zero-order valence-electron chi connectivity index (χ0n) is 23.5. The van der Waals surface area contributed by atoms with Gasteiger partial charge in [0.1, 0.15) is 0 Å². The van der Waals surface area contributed by atoms with E-state index in [-0.39, 0.29) is 18.2 Å². The third-order valence-electron chi connectivity index (χ3n) is 6.84. The molecule has 0 spiro atoms. The standard InChI is InChI=1S/C30H60O5/c1-3-5-6-7-13-18-23-28(32)29(24-19-14-12-15-20-25-30(33)34-4-2)35-27-22-17-11-9-8-10-16-21-26-31/h28-29,31-32H,3-27H2,1-2H3. The van der Waals surface area contributed by atoms with Crippen LogP contribution in [0.4, 0.5) is 0 Å². The quantitative estimate of drug-likeness (QED) is 0.0843. The maximum absolute atomic E-state index is 11.4. The van der Waals surface area contributed by atoms with Gasteiger partial charge in [-0.3, -0.25) is 4.79 Å². The number of esters is 1. The Balaban J connectivity index is 4.07. The molecule has 0 radical (unpaired) electrons. The second-order valence-electron chi connectivity index (χ2n) is 10.2. The van der Waals surface area contributed by atoms with Gasteiger partial charge in [-0.2, -0.15) is 0 Å². The molecule has 210 valence electrons. The largest absolute Gasteiger partial charge is 0.466 e. The van der Waals surface area contributed by atoms with E-state index in [1.165, 1.54) is 64.2 Å². The van der Waals surface area contributed by atoms with Crippen molar-refractivity contribution in [3.63, 3.8) is 0 Å². The molecular formula is C30H60O5. The molecule has 0 aliphatic heterocycles. The third-order valence-corrected chi connectivity index (χ3v) is 6.84. The van der Waals surface area contributed by atoms with E-state index in [4.69, 9.17) is 14.6 Å². The van der Waals surface area contributed by atoms with Crippen molar-refractivity contribution < 1.29 is 24.5 Å². The van der Waals surface area contributed by atoms with Gasteiger partial charge >= 0.3 is 5.97 Å². The predicted octanol–water partition coefficient (Wildman–Crippen LogP) is 7.89. The number of carbonyl (C=O) groups excluding carboxylic acids is 1. The maximum atomic E-state index is 11.4. The molecule has 2 atom stereocenters. The molecule has 0 saturated heterocycles. The number of hydrogen-bond acceptors (Lipinski definition) is 5. The number of carbonyl (C=O) groups is 1. The van der Waals surface area contributed by atoms with Crippen molar-refractivity contribution in [1.82, 2.24) is 0 Å². The lowest BCUT2D eigenvalue weighted by molar-refractivity contribution is -0.143. The molecule has 0 heterocycles. The minimum Gasteiger partial charge on any atom is -0.466 e. The molecule has 0 aliphatic rings. The molecule has 5 heteroatoms. The summed E-state index contributed by atoms with van der Waals surface area (Å²) in [4.78, 5) is 11.4. The van der Waals surface area contributed by atoms with Gasteiger partial charge in [0.05, 0.1) is 18.8 Å². The van der Waals surface area contributed by atoms with Crippen molar-refractivity contribution in [3.05, 3.63) is 0 Å². The van der Waals surface area contributed by atoms with Gasteiger partial charge in [0, 0.05) is 19.6 Å². The van der Waals surface area contributed by atoms with E-state index in [0.717, 1.165) is 77.2 Å². The van der Waals surface area contributed by atoms with E-state index in [0.29, 0.717) is 19.6 Å². The van der Waals surface area contributed by atoms with Crippen molar-refractivity contribution in [1.29, 1.82) is 0 Å². The van der Waals surface area contributed by atoms with Gasteiger partial charge in [-0.25, -0.2) is 0 Å². The first-order valence-corrected chi connectivity index (χ1v) is 15.2. The third kappa shape index (κ3) is 24.8. The minimum absolute atomic E-state index is 0.0383. The summed E-state index contributed by atoms with van der Waals surface area (Å²) >= 11 is 0. The van der Waals surface area contributed by atoms with Crippen LogP contribution in [0.15, 0.2) is 0 Å². The molecule has 0 aliphatic carbocycles. The second kappa shape index (κ2) is 27.9. The molecule has 2 unspecified atom stereocenters. The zero-order valence-corrected chi connectivity index (χ0v) is 23.5. The molecule has 0 aromatic heterocycles. The summed E-state index contributed by atoms with van der Waals surface area (Å²) in [5.74, 6) is -0.0829. The molecule has 35 heavy (non-hydrogen) atoms. The summed E-state index contributed by atoms with van der Waals surface area (Å²) in [5.41, 5.74) is 0. The lowest BCUT2D eigenvalue weighted by atomic mass is 9.99. The van der Waals surface area contributed by atoms with Gasteiger partial charge in [0.2, 0.25) is 0 Å². The number of rotatable bonds is 28. The van der Waals surface area contributed by atoms with Crippen LogP contribution in [0, 0.1) is 0 Å². The lowest BCUT2D eigenvalue weighted by Crippen LogP contribution is -2.29. The summed E-state index contributed by atoms with van der Waals surface area (Å²) in [6.45, 7) is 5.62. The molecule has 5 nitrogen and oxygen atoms in total. The molecular weight excluding hydrogens is 440 g/mol. The van der Waals surface area contributed by atoms with Crippen molar-refractivity contribution >= 4 is 5.97 Å². The fourth-order valence-electron chi connectivity index (χ4n) is 4.59. The molecule has 0 saturated carbocycles.